The van der Waals surface area contributed by atoms with E-state index in [4.69, 9.17) is 14.2 Å². The molecule has 2 atom stereocenters. The number of nitro benzene ring substituents is 1. The fourth-order valence-electron chi connectivity index (χ4n) is 3.57. The summed E-state index contributed by atoms with van der Waals surface area (Å²) in [7, 11) is 4.49. The van der Waals surface area contributed by atoms with Crippen LogP contribution in [0.5, 0.6) is 11.5 Å². The Morgan fingerprint density at radius 1 is 1.18 bits per heavy atom. The number of rotatable bonds is 6. The van der Waals surface area contributed by atoms with Crippen LogP contribution in [0.1, 0.15) is 6.92 Å². The van der Waals surface area contributed by atoms with Gasteiger partial charge >= 0.3 is 0 Å². The number of allylic oxidation sites excluding steroid dienone is 2. The fraction of sp³-hybridized carbons (Fsp3) is 0.368. The van der Waals surface area contributed by atoms with Crippen molar-refractivity contribution in [1.82, 2.24) is 4.90 Å². The van der Waals surface area contributed by atoms with E-state index >= 15 is 0 Å². The van der Waals surface area contributed by atoms with Gasteiger partial charge in [0.25, 0.3) is 5.69 Å². The van der Waals surface area contributed by atoms with Crippen LogP contribution in [0.25, 0.3) is 0 Å². The van der Waals surface area contributed by atoms with Crippen molar-refractivity contribution in [3.63, 3.8) is 0 Å². The highest BCUT2D eigenvalue weighted by Gasteiger charge is 2.49. The largest absolute Gasteiger partial charge is 0.493 e. The van der Waals surface area contributed by atoms with Crippen LogP contribution < -0.4 is 9.47 Å². The minimum atomic E-state index is -0.693. The second kappa shape index (κ2) is 7.34. The molecular weight excluding hydrogens is 368 g/mol. The maximum atomic E-state index is 12.8. The van der Waals surface area contributed by atoms with E-state index in [9.17, 15) is 19.7 Å². The van der Waals surface area contributed by atoms with Gasteiger partial charge in [0, 0.05) is 24.9 Å². The van der Waals surface area contributed by atoms with E-state index in [-0.39, 0.29) is 35.4 Å². The van der Waals surface area contributed by atoms with Gasteiger partial charge in [-0.25, -0.2) is 0 Å². The summed E-state index contributed by atoms with van der Waals surface area (Å²) in [6.07, 6.45) is 1.23. The average Bonchev–Trinajstić information content (AvgIpc) is 2.94. The molecule has 0 saturated heterocycles. The first kappa shape index (κ1) is 19.4. The number of fused-ring (bicyclic) bond motifs is 1. The summed E-state index contributed by atoms with van der Waals surface area (Å²) >= 11 is 0. The number of nitro groups is 1. The number of carbonyl (C=O) groups is 2. The standard InChI is InChI=1S/C19H20N2O7/c1-10-12(9-28-14-6-5-11(21(24)25)7-15(14)26-3)17-18(20(10)2)13(22)8-16(27-4)19(17)23/h5-8,17-18H,9H2,1-4H3. The smallest absolute Gasteiger partial charge is 0.273 e. The van der Waals surface area contributed by atoms with Gasteiger partial charge in [-0.1, -0.05) is 0 Å². The average molecular weight is 388 g/mol. The molecule has 9 nitrogen and oxygen atoms in total. The molecule has 2 unspecified atom stereocenters. The summed E-state index contributed by atoms with van der Waals surface area (Å²) in [4.78, 5) is 37.4. The summed E-state index contributed by atoms with van der Waals surface area (Å²) in [5, 5.41) is 10.9. The summed E-state index contributed by atoms with van der Waals surface area (Å²) in [5.74, 6) is -0.631. The molecule has 1 aliphatic carbocycles. The molecule has 0 amide bonds. The van der Waals surface area contributed by atoms with Gasteiger partial charge in [0.2, 0.25) is 5.78 Å². The number of likely N-dealkylation sites (N-methyl/N-ethyl adjacent to an activating group) is 1. The molecule has 3 rings (SSSR count). The number of non-ortho nitro benzene ring substituents is 1. The van der Waals surface area contributed by atoms with E-state index in [1.54, 1.807) is 11.9 Å². The quantitative estimate of drug-likeness (QED) is 0.537. The van der Waals surface area contributed by atoms with Crippen molar-refractivity contribution in [1.29, 1.82) is 0 Å². The van der Waals surface area contributed by atoms with E-state index in [2.05, 4.69) is 0 Å². The molecule has 0 N–H and O–H groups in total. The molecule has 148 valence electrons. The number of Topliss-reactive ketones (excluding diaryl/α,β-unsaturated/α-hetero) is 1. The summed E-state index contributed by atoms with van der Waals surface area (Å²) in [6, 6.07) is 3.39. The number of nitrogens with zero attached hydrogens (tertiary/aromatic N) is 2. The Morgan fingerprint density at radius 2 is 1.89 bits per heavy atom. The van der Waals surface area contributed by atoms with E-state index < -0.39 is 16.9 Å². The van der Waals surface area contributed by atoms with Crippen molar-refractivity contribution in [2.45, 2.75) is 13.0 Å². The highest BCUT2D eigenvalue weighted by Crippen LogP contribution is 2.39. The van der Waals surface area contributed by atoms with E-state index in [1.807, 2.05) is 6.92 Å². The number of benzene rings is 1. The van der Waals surface area contributed by atoms with Gasteiger partial charge in [0.05, 0.1) is 31.1 Å². The van der Waals surface area contributed by atoms with Gasteiger partial charge in [-0.3, -0.25) is 19.7 Å². The molecule has 0 saturated carbocycles. The normalized spacial score (nSPS) is 21.4. The van der Waals surface area contributed by atoms with E-state index in [1.165, 1.54) is 38.5 Å². The molecule has 0 fully saturated rings. The van der Waals surface area contributed by atoms with Crippen molar-refractivity contribution >= 4 is 17.3 Å². The third-order valence-electron chi connectivity index (χ3n) is 5.15. The summed E-state index contributed by atoms with van der Waals surface area (Å²) in [6.45, 7) is 1.85. The Morgan fingerprint density at radius 3 is 2.50 bits per heavy atom. The molecule has 28 heavy (non-hydrogen) atoms. The number of hydrogen-bond donors (Lipinski definition) is 0. The number of hydrogen-bond acceptors (Lipinski definition) is 8. The van der Waals surface area contributed by atoms with E-state index in [0.29, 0.717) is 11.3 Å². The van der Waals surface area contributed by atoms with Crippen LogP contribution in [-0.4, -0.2) is 55.3 Å². The third-order valence-corrected chi connectivity index (χ3v) is 5.15. The Labute approximate surface area is 161 Å². The van der Waals surface area contributed by atoms with Crippen LogP contribution in [0.3, 0.4) is 0 Å². The number of ether oxygens (including phenoxy) is 3. The third kappa shape index (κ3) is 3.08. The molecule has 0 bridgehead atoms. The van der Waals surface area contributed by atoms with Crippen LogP contribution in [0.15, 0.2) is 41.3 Å². The zero-order chi connectivity index (χ0) is 20.6. The molecule has 1 aromatic rings. The van der Waals surface area contributed by atoms with Gasteiger partial charge in [-0.2, -0.15) is 0 Å². The van der Waals surface area contributed by atoms with Crippen LogP contribution >= 0.6 is 0 Å². The lowest BCUT2D eigenvalue weighted by molar-refractivity contribution is -0.385. The van der Waals surface area contributed by atoms with Crippen molar-refractivity contribution in [3.8, 4) is 11.5 Å². The van der Waals surface area contributed by atoms with Crippen molar-refractivity contribution in [3.05, 3.63) is 51.4 Å². The minimum absolute atomic E-state index is 0.0276. The number of carbonyl (C=O) groups excluding carboxylic acids is 2. The highest BCUT2D eigenvalue weighted by molar-refractivity contribution is 6.13. The summed E-state index contributed by atoms with van der Waals surface area (Å²) in [5.41, 5.74) is 1.31. The molecular formula is C19H20N2O7. The monoisotopic (exact) mass is 388 g/mol. The van der Waals surface area contributed by atoms with Crippen LogP contribution in [-0.2, 0) is 14.3 Å². The van der Waals surface area contributed by atoms with Crippen LogP contribution in [0, 0.1) is 16.0 Å². The fourth-order valence-corrected chi connectivity index (χ4v) is 3.57. The Kier molecular flexibility index (Phi) is 5.08. The predicted octanol–water partition coefficient (Wildman–Crippen LogP) is 1.87. The van der Waals surface area contributed by atoms with Gasteiger partial charge in [0.1, 0.15) is 12.6 Å². The zero-order valence-corrected chi connectivity index (χ0v) is 15.9. The molecule has 1 heterocycles. The van der Waals surface area contributed by atoms with Gasteiger partial charge in [-0.05, 0) is 18.6 Å². The lowest BCUT2D eigenvalue weighted by atomic mass is 9.83. The van der Waals surface area contributed by atoms with Gasteiger partial charge < -0.3 is 19.1 Å². The number of methoxy groups -OCH3 is 2. The SMILES string of the molecule is COC1=CC(=O)C2C(C1=O)C(COc1ccc([N+](=O)[O-])cc1OC)=C(C)N2C. The Balaban J connectivity index is 1.88. The Bertz CT molecular complexity index is 919. The molecule has 9 heteroatoms. The topological polar surface area (TPSA) is 108 Å². The predicted molar refractivity (Wildman–Crippen MR) is 98.0 cm³/mol. The molecule has 0 spiro atoms. The maximum absolute atomic E-state index is 12.8. The lowest BCUT2D eigenvalue weighted by Gasteiger charge is -2.29. The van der Waals surface area contributed by atoms with Crippen LogP contribution in [0.2, 0.25) is 0 Å². The first-order chi connectivity index (χ1) is 13.3. The molecule has 0 aromatic heterocycles. The molecule has 1 aliphatic heterocycles. The molecule has 0 radical (unpaired) electrons. The zero-order valence-electron chi connectivity index (χ0n) is 15.9. The molecule has 1 aromatic carbocycles. The van der Waals surface area contributed by atoms with Crippen molar-refractivity contribution in [2.75, 3.05) is 27.9 Å². The van der Waals surface area contributed by atoms with Gasteiger partial charge in [-0.15, -0.1) is 0 Å². The highest BCUT2D eigenvalue weighted by atomic mass is 16.6. The minimum Gasteiger partial charge on any atom is -0.493 e. The number of ketones is 2. The summed E-state index contributed by atoms with van der Waals surface area (Å²) < 4.78 is 16.0. The second-order valence-corrected chi connectivity index (χ2v) is 6.50. The maximum Gasteiger partial charge on any atom is 0.273 e. The lowest BCUT2D eigenvalue weighted by Crippen LogP contribution is -2.45. The van der Waals surface area contributed by atoms with Crippen LogP contribution in [0.4, 0.5) is 5.69 Å². The van der Waals surface area contributed by atoms with Gasteiger partial charge in [0.15, 0.2) is 23.0 Å². The first-order valence-electron chi connectivity index (χ1n) is 8.51. The molecule has 2 aliphatic rings. The van der Waals surface area contributed by atoms with Crippen molar-refractivity contribution < 1.29 is 28.7 Å². The van der Waals surface area contributed by atoms with Crippen molar-refractivity contribution in [2.24, 2.45) is 5.92 Å². The van der Waals surface area contributed by atoms with E-state index in [0.717, 1.165) is 5.70 Å². The Hall–Kier alpha value is -3.36. The first-order valence-corrected chi connectivity index (χ1v) is 8.51. The second-order valence-electron chi connectivity index (χ2n) is 6.50.